The Bertz CT molecular complexity index is 72.1. The lowest BCUT2D eigenvalue weighted by atomic mass is 10.3. The summed E-state index contributed by atoms with van der Waals surface area (Å²) in [4.78, 5) is 0. The van der Waals surface area contributed by atoms with Crippen LogP contribution in [0.15, 0.2) is 11.6 Å². The molecule has 0 aromatic carbocycles. The van der Waals surface area contributed by atoms with Crippen molar-refractivity contribution in [2.24, 2.45) is 0 Å². The Morgan fingerprint density at radius 2 is 2.14 bits per heavy atom. The number of aliphatic hydroxyl groups is 1. The summed E-state index contributed by atoms with van der Waals surface area (Å²) in [5.41, 5.74) is 1.12. The van der Waals surface area contributed by atoms with Gasteiger partial charge in [-0.05, 0) is 19.9 Å². The SMILES string of the molecule is CC(C)=CC(O)Br. The van der Waals surface area contributed by atoms with Crippen LogP contribution in [0, 0.1) is 0 Å². The molecule has 0 bridgehead atoms. The molecule has 0 aliphatic carbocycles. The van der Waals surface area contributed by atoms with E-state index in [1.807, 2.05) is 13.8 Å². The topological polar surface area (TPSA) is 20.2 Å². The van der Waals surface area contributed by atoms with Gasteiger partial charge in [-0.1, -0.05) is 21.5 Å². The van der Waals surface area contributed by atoms with Gasteiger partial charge in [0.2, 0.25) is 0 Å². The molecule has 0 spiro atoms. The summed E-state index contributed by atoms with van der Waals surface area (Å²) >= 11 is 2.95. The summed E-state index contributed by atoms with van der Waals surface area (Å²) in [7, 11) is 0. The van der Waals surface area contributed by atoms with Crippen LogP contribution in [0.4, 0.5) is 0 Å². The molecule has 0 amide bonds. The number of halogens is 1. The van der Waals surface area contributed by atoms with Crippen molar-refractivity contribution in [2.45, 2.75) is 18.9 Å². The fraction of sp³-hybridized carbons (Fsp3) is 0.600. The highest BCUT2D eigenvalue weighted by Gasteiger charge is 1.86. The number of hydrogen-bond donors (Lipinski definition) is 1. The van der Waals surface area contributed by atoms with Gasteiger partial charge < -0.3 is 5.11 Å². The Morgan fingerprint density at radius 3 is 2.14 bits per heavy atom. The molecule has 0 radical (unpaired) electrons. The van der Waals surface area contributed by atoms with E-state index in [4.69, 9.17) is 5.11 Å². The van der Waals surface area contributed by atoms with Crippen molar-refractivity contribution in [1.82, 2.24) is 0 Å². The third kappa shape index (κ3) is 6.18. The summed E-state index contributed by atoms with van der Waals surface area (Å²) in [5.74, 6) is 0. The van der Waals surface area contributed by atoms with Gasteiger partial charge in [0.15, 0.2) is 0 Å². The molecule has 0 aliphatic rings. The molecule has 1 atom stereocenters. The van der Waals surface area contributed by atoms with E-state index in [9.17, 15) is 0 Å². The molecule has 0 rings (SSSR count). The fourth-order valence-electron chi connectivity index (χ4n) is 0.275. The van der Waals surface area contributed by atoms with Crippen molar-refractivity contribution in [3.63, 3.8) is 0 Å². The van der Waals surface area contributed by atoms with Crippen LogP contribution in [0.1, 0.15) is 13.8 Å². The minimum absolute atomic E-state index is 0.475. The van der Waals surface area contributed by atoms with E-state index in [-0.39, 0.29) is 0 Å². The lowest BCUT2D eigenvalue weighted by molar-refractivity contribution is 0.315. The van der Waals surface area contributed by atoms with Crippen LogP contribution < -0.4 is 0 Å². The van der Waals surface area contributed by atoms with Crippen molar-refractivity contribution in [2.75, 3.05) is 0 Å². The van der Waals surface area contributed by atoms with Crippen molar-refractivity contribution in [3.8, 4) is 0 Å². The van der Waals surface area contributed by atoms with Crippen LogP contribution in [0.5, 0.6) is 0 Å². The number of rotatable bonds is 1. The third-order valence-electron chi connectivity index (χ3n) is 0.471. The number of allylic oxidation sites excluding steroid dienone is 1. The highest BCUT2D eigenvalue weighted by atomic mass is 79.9. The molecular formula is C5H9BrO. The fourth-order valence-corrected chi connectivity index (χ4v) is 0.804. The van der Waals surface area contributed by atoms with Crippen LogP contribution >= 0.6 is 15.9 Å². The molecule has 0 aromatic rings. The number of hydrogen-bond acceptors (Lipinski definition) is 1. The largest absolute Gasteiger partial charge is 0.378 e. The average Bonchev–Trinajstić information content (AvgIpc) is 1.27. The molecule has 42 valence electrons. The van der Waals surface area contributed by atoms with Crippen LogP contribution in [0.3, 0.4) is 0 Å². The molecule has 0 saturated carbocycles. The Hall–Kier alpha value is 0.180. The highest BCUT2D eigenvalue weighted by Crippen LogP contribution is 1.99. The predicted octanol–water partition coefficient (Wildman–Crippen LogP) is 1.67. The van der Waals surface area contributed by atoms with Gasteiger partial charge in [-0.2, -0.15) is 0 Å². The Morgan fingerprint density at radius 1 is 1.71 bits per heavy atom. The van der Waals surface area contributed by atoms with E-state index >= 15 is 0 Å². The van der Waals surface area contributed by atoms with Gasteiger partial charge in [0.1, 0.15) is 5.01 Å². The second-order valence-corrected chi connectivity index (χ2v) is 2.55. The lowest BCUT2D eigenvalue weighted by Crippen LogP contribution is -1.86. The quantitative estimate of drug-likeness (QED) is 0.462. The maximum absolute atomic E-state index is 8.56. The van der Waals surface area contributed by atoms with Crippen molar-refractivity contribution in [3.05, 3.63) is 11.6 Å². The molecular weight excluding hydrogens is 156 g/mol. The Balaban J connectivity index is 3.45. The zero-order chi connectivity index (χ0) is 5.86. The zero-order valence-corrected chi connectivity index (χ0v) is 6.07. The molecule has 0 aromatic heterocycles. The zero-order valence-electron chi connectivity index (χ0n) is 4.48. The summed E-state index contributed by atoms with van der Waals surface area (Å²) in [6.45, 7) is 3.87. The first-order valence-electron chi connectivity index (χ1n) is 2.10. The van der Waals surface area contributed by atoms with Gasteiger partial charge in [-0.15, -0.1) is 0 Å². The smallest absolute Gasteiger partial charge is 0.127 e. The van der Waals surface area contributed by atoms with Crippen LogP contribution in [-0.2, 0) is 0 Å². The van der Waals surface area contributed by atoms with E-state index in [0.29, 0.717) is 0 Å². The van der Waals surface area contributed by atoms with Crippen molar-refractivity contribution < 1.29 is 5.11 Å². The lowest BCUT2D eigenvalue weighted by Gasteiger charge is -1.90. The molecule has 1 N–H and O–H groups in total. The van der Waals surface area contributed by atoms with Crippen LogP contribution in [0.2, 0.25) is 0 Å². The van der Waals surface area contributed by atoms with E-state index in [0.717, 1.165) is 5.57 Å². The van der Waals surface area contributed by atoms with E-state index < -0.39 is 5.01 Å². The van der Waals surface area contributed by atoms with Crippen LogP contribution in [-0.4, -0.2) is 10.1 Å². The Kier molecular flexibility index (Phi) is 3.30. The summed E-state index contributed by atoms with van der Waals surface area (Å²) < 4.78 is 0. The first kappa shape index (κ1) is 7.18. The first-order chi connectivity index (χ1) is 3.13. The second kappa shape index (κ2) is 3.22. The third-order valence-corrected chi connectivity index (χ3v) is 0.735. The molecule has 0 heterocycles. The van der Waals surface area contributed by atoms with Gasteiger partial charge in [-0.3, -0.25) is 0 Å². The minimum atomic E-state index is -0.475. The average molecular weight is 165 g/mol. The maximum atomic E-state index is 8.56. The molecule has 1 nitrogen and oxygen atoms in total. The second-order valence-electron chi connectivity index (χ2n) is 1.62. The highest BCUT2D eigenvalue weighted by molar-refractivity contribution is 9.09. The van der Waals surface area contributed by atoms with E-state index in [1.165, 1.54) is 0 Å². The van der Waals surface area contributed by atoms with Gasteiger partial charge in [0.05, 0.1) is 0 Å². The Labute approximate surface area is 52.2 Å². The van der Waals surface area contributed by atoms with Crippen LogP contribution in [0.25, 0.3) is 0 Å². The first-order valence-corrected chi connectivity index (χ1v) is 3.01. The molecule has 0 saturated heterocycles. The molecule has 0 fully saturated rings. The maximum Gasteiger partial charge on any atom is 0.127 e. The van der Waals surface area contributed by atoms with Gasteiger partial charge in [0, 0.05) is 0 Å². The van der Waals surface area contributed by atoms with Crippen molar-refractivity contribution >= 4 is 15.9 Å². The predicted molar refractivity (Wildman–Crippen MR) is 34.4 cm³/mol. The van der Waals surface area contributed by atoms with Gasteiger partial charge >= 0.3 is 0 Å². The number of alkyl halides is 1. The minimum Gasteiger partial charge on any atom is -0.378 e. The van der Waals surface area contributed by atoms with E-state index in [2.05, 4.69) is 15.9 Å². The van der Waals surface area contributed by atoms with E-state index in [1.54, 1.807) is 6.08 Å². The summed E-state index contributed by atoms with van der Waals surface area (Å²) in [6.07, 6.45) is 1.72. The normalized spacial score (nSPS) is 13.1. The molecule has 0 aliphatic heterocycles. The van der Waals surface area contributed by atoms with Gasteiger partial charge in [0.25, 0.3) is 0 Å². The monoisotopic (exact) mass is 164 g/mol. The molecule has 2 heteroatoms. The molecule has 7 heavy (non-hydrogen) atoms. The standard InChI is InChI=1S/C5H9BrO/c1-4(2)3-5(6)7/h3,5,7H,1-2H3. The van der Waals surface area contributed by atoms with Gasteiger partial charge in [-0.25, -0.2) is 0 Å². The summed E-state index contributed by atoms with van der Waals surface area (Å²) in [6, 6.07) is 0. The number of aliphatic hydroxyl groups excluding tert-OH is 1. The molecule has 1 unspecified atom stereocenters. The summed E-state index contributed by atoms with van der Waals surface area (Å²) in [5, 5.41) is 8.09. The van der Waals surface area contributed by atoms with Crippen molar-refractivity contribution in [1.29, 1.82) is 0 Å².